The van der Waals surface area contributed by atoms with E-state index in [1.165, 1.54) is 4.31 Å². The molecule has 0 radical (unpaired) electrons. The molecule has 9 heteroatoms. The summed E-state index contributed by atoms with van der Waals surface area (Å²) in [5.41, 5.74) is -0.881. The molecule has 140 valence electrons. The highest BCUT2D eigenvalue weighted by Crippen LogP contribution is 2.30. The maximum Gasteiger partial charge on any atom is 0.416 e. The minimum atomic E-state index is -4.50. The summed E-state index contributed by atoms with van der Waals surface area (Å²) >= 11 is 0. The van der Waals surface area contributed by atoms with Gasteiger partial charge in [-0.15, -0.1) is 0 Å². The summed E-state index contributed by atoms with van der Waals surface area (Å²) in [5, 5.41) is 0. The van der Waals surface area contributed by atoms with Gasteiger partial charge < -0.3 is 4.74 Å². The van der Waals surface area contributed by atoms with Gasteiger partial charge in [0.1, 0.15) is 11.9 Å². The normalized spacial score (nSPS) is 19.3. The Hall–Kier alpha value is -2.13. The van der Waals surface area contributed by atoms with Crippen LogP contribution in [0.2, 0.25) is 0 Å². The van der Waals surface area contributed by atoms with Crippen LogP contribution < -0.4 is 4.74 Å². The van der Waals surface area contributed by atoms with E-state index >= 15 is 0 Å². The van der Waals surface area contributed by atoms with Crippen LogP contribution >= 0.6 is 0 Å². The van der Waals surface area contributed by atoms with Crippen LogP contribution in [0.4, 0.5) is 13.2 Å². The summed E-state index contributed by atoms with van der Waals surface area (Å²) in [6, 6.07) is 6.91. The van der Waals surface area contributed by atoms with Gasteiger partial charge in [-0.05, 0) is 49.2 Å². The standard InChI is InChI=1S/C17H17F3N2O3S/c18-17(19,20)13-3-5-16(6-4-13)26(23,24)22-11-1-2-15(12-22)25-14-7-9-21-10-8-14/h3-10,15H,1-2,11-12H2. The van der Waals surface area contributed by atoms with Crippen molar-refractivity contribution in [1.29, 1.82) is 0 Å². The smallest absolute Gasteiger partial charge is 0.416 e. The molecule has 1 atom stereocenters. The highest BCUT2D eigenvalue weighted by molar-refractivity contribution is 7.89. The van der Waals surface area contributed by atoms with Crippen molar-refractivity contribution >= 4 is 10.0 Å². The highest BCUT2D eigenvalue weighted by Gasteiger charge is 2.33. The van der Waals surface area contributed by atoms with Crippen molar-refractivity contribution in [2.45, 2.75) is 30.0 Å². The van der Waals surface area contributed by atoms with E-state index in [4.69, 9.17) is 4.74 Å². The molecule has 0 N–H and O–H groups in total. The van der Waals surface area contributed by atoms with E-state index in [0.717, 1.165) is 24.3 Å². The summed E-state index contributed by atoms with van der Waals surface area (Å²) in [6.45, 7) is 0.450. The number of piperidine rings is 1. The Labute approximate surface area is 149 Å². The molecule has 0 saturated carbocycles. The molecule has 1 saturated heterocycles. The molecule has 0 amide bonds. The second-order valence-corrected chi connectivity index (χ2v) is 7.89. The van der Waals surface area contributed by atoms with Gasteiger partial charge >= 0.3 is 6.18 Å². The SMILES string of the molecule is O=S(=O)(c1ccc(C(F)(F)F)cc1)N1CCCC(Oc2ccncc2)C1. The largest absolute Gasteiger partial charge is 0.489 e. The van der Waals surface area contributed by atoms with Crippen LogP contribution in [0.1, 0.15) is 18.4 Å². The van der Waals surface area contributed by atoms with Gasteiger partial charge in [0.05, 0.1) is 17.0 Å². The van der Waals surface area contributed by atoms with Crippen molar-refractivity contribution in [3.05, 3.63) is 54.4 Å². The van der Waals surface area contributed by atoms with Gasteiger partial charge in [0.25, 0.3) is 0 Å². The van der Waals surface area contributed by atoms with Crippen molar-refractivity contribution < 1.29 is 26.3 Å². The average molecular weight is 386 g/mol. The summed E-state index contributed by atoms with van der Waals surface area (Å²) in [7, 11) is -3.88. The Morgan fingerprint density at radius 1 is 1.08 bits per heavy atom. The molecule has 1 aliphatic rings. The van der Waals surface area contributed by atoms with Crippen LogP contribution in [-0.4, -0.2) is 36.9 Å². The van der Waals surface area contributed by atoms with Crippen molar-refractivity contribution in [2.75, 3.05) is 13.1 Å². The van der Waals surface area contributed by atoms with Crippen LogP contribution in [0, 0.1) is 0 Å². The Morgan fingerprint density at radius 3 is 2.35 bits per heavy atom. The number of halogens is 3. The zero-order valence-corrected chi connectivity index (χ0v) is 14.5. The third-order valence-electron chi connectivity index (χ3n) is 4.11. The minimum absolute atomic E-state index is 0.145. The molecule has 1 aliphatic heterocycles. The Kier molecular flexibility index (Phi) is 5.19. The van der Waals surface area contributed by atoms with E-state index in [0.29, 0.717) is 25.1 Å². The number of nitrogens with zero attached hydrogens (tertiary/aromatic N) is 2. The quantitative estimate of drug-likeness (QED) is 0.809. The molecule has 2 heterocycles. The number of ether oxygens (including phenoxy) is 1. The van der Waals surface area contributed by atoms with E-state index in [1.54, 1.807) is 24.5 Å². The van der Waals surface area contributed by atoms with Crippen LogP contribution in [0.15, 0.2) is 53.7 Å². The second-order valence-electron chi connectivity index (χ2n) is 5.95. The van der Waals surface area contributed by atoms with Crippen LogP contribution in [-0.2, 0) is 16.2 Å². The third-order valence-corrected chi connectivity index (χ3v) is 5.99. The van der Waals surface area contributed by atoms with Gasteiger partial charge in [0.2, 0.25) is 10.0 Å². The van der Waals surface area contributed by atoms with E-state index in [1.807, 2.05) is 0 Å². The number of alkyl halides is 3. The number of sulfonamides is 1. The fourth-order valence-electron chi connectivity index (χ4n) is 2.79. The van der Waals surface area contributed by atoms with Gasteiger partial charge in [0, 0.05) is 18.9 Å². The number of hydrogen-bond acceptors (Lipinski definition) is 4. The average Bonchev–Trinajstić information content (AvgIpc) is 2.62. The van der Waals surface area contributed by atoms with E-state index < -0.39 is 21.8 Å². The zero-order chi connectivity index (χ0) is 18.8. The van der Waals surface area contributed by atoms with Gasteiger partial charge in [-0.3, -0.25) is 4.98 Å². The van der Waals surface area contributed by atoms with Gasteiger partial charge in [-0.25, -0.2) is 8.42 Å². The third kappa shape index (κ3) is 4.16. The van der Waals surface area contributed by atoms with Crippen LogP contribution in [0.25, 0.3) is 0 Å². The fourth-order valence-corrected chi connectivity index (χ4v) is 4.30. The summed E-state index contributed by atoms with van der Waals surface area (Å²) in [5.74, 6) is 0.596. The molecular weight excluding hydrogens is 369 g/mol. The Balaban J connectivity index is 1.74. The molecule has 3 rings (SSSR count). The van der Waals surface area contributed by atoms with Crippen molar-refractivity contribution in [3.63, 3.8) is 0 Å². The first-order chi connectivity index (χ1) is 12.3. The maximum atomic E-state index is 12.7. The first kappa shape index (κ1) is 18.7. The zero-order valence-electron chi connectivity index (χ0n) is 13.7. The number of pyridine rings is 1. The molecule has 1 aromatic heterocycles. The molecule has 0 aliphatic carbocycles. The van der Waals surface area contributed by atoms with Crippen molar-refractivity contribution in [1.82, 2.24) is 9.29 Å². The molecule has 26 heavy (non-hydrogen) atoms. The molecule has 0 spiro atoms. The maximum absolute atomic E-state index is 12.7. The highest BCUT2D eigenvalue weighted by atomic mass is 32.2. The molecule has 1 fully saturated rings. The number of rotatable bonds is 4. The second kappa shape index (κ2) is 7.24. The topological polar surface area (TPSA) is 59.5 Å². The molecular formula is C17H17F3N2O3S. The lowest BCUT2D eigenvalue weighted by atomic mass is 10.1. The fraction of sp³-hybridized carbons (Fsp3) is 0.353. The van der Waals surface area contributed by atoms with Crippen molar-refractivity contribution in [2.24, 2.45) is 0 Å². The predicted octanol–water partition coefficient (Wildman–Crippen LogP) is 3.33. The van der Waals surface area contributed by atoms with E-state index in [9.17, 15) is 21.6 Å². The molecule has 1 aromatic carbocycles. The van der Waals surface area contributed by atoms with Crippen molar-refractivity contribution in [3.8, 4) is 5.75 Å². The molecule has 2 aromatic rings. The predicted molar refractivity (Wildman–Crippen MR) is 88.1 cm³/mol. The summed E-state index contributed by atoms with van der Waals surface area (Å²) < 4.78 is 70.4. The van der Waals surface area contributed by atoms with Gasteiger partial charge in [-0.1, -0.05) is 0 Å². The van der Waals surface area contributed by atoms with Gasteiger partial charge in [0.15, 0.2) is 0 Å². The Morgan fingerprint density at radius 2 is 1.73 bits per heavy atom. The number of aromatic nitrogens is 1. The lowest BCUT2D eigenvalue weighted by molar-refractivity contribution is -0.137. The summed E-state index contributed by atoms with van der Waals surface area (Å²) in [6.07, 6.45) is -0.368. The number of benzene rings is 1. The Bertz CT molecular complexity index is 840. The molecule has 1 unspecified atom stereocenters. The van der Waals surface area contributed by atoms with E-state index in [-0.39, 0.29) is 17.5 Å². The monoisotopic (exact) mass is 386 g/mol. The van der Waals surface area contributed by atoms with E-state index in [2.05, 4.69) is 4.98 Å². The lowest BCUT2D eigenvalue weighted by Gasteiger charge is -2.32. The minimum Gasteiger partial charge on any atom is -0.489 e. The first-order valence-corrected chi connectivity index (χ1v) is 9.45. The first-order valence-electron chi connectivity index (χ1n) is 8.01. The molecule has 5 nitrogen and oxygen atoms in total. The summed E-state index contributed by atoms with van der Waals surface area (Å²) in [4.78, 5) is 3.73. The molecule has 0 bridgehead atoms. The lowest BCUT2D eigenvalue weighted by Crippen LogP contribution is -2.44. The van der Waals surface area contributed by atoms with Gasteiger partial charge in [-0.2, -0.15) is 17.5 Å². The van der Waals surface area contributed by atoms with Crippen LogP contribution in [0.5, 0.6) is 5.75 Å². The number of hydrogen-bond donors (Lipinski definition) is 0. The van der Waals surface area contributed by atoms with Crippen LogP contribution in [0.3, 0.4) is 0 Å².